The van der Waals surface area contributed by atoms with Gasteiger partial charge < -0.3 is 19.6 Å². The zero-order valence-electron chi connectivity index (χ0n) is 13.8. The monoisotopic (exact) mass is 382 g/mol. The van der Waals surface area contributed by atoms with Crippen LogP contribution >= 0.6 is 0 Å². The molecule has 0 saturated heterocycles. The van der Waals surface area contributed by atoms with Gasteiger partial charge in [-0.15, -0.1) is 0 Å². The van der Waals surface area contributed by atoms with E-state index in [1.54, 1.807) is 4.57 Å². The first-order valence-electron chi connectivity index (χ1n) is 8.11. The third-order valence-corrected chi connectivity index (χ3v) is 4.40. The van der Waals surface area contributed by atoms with Gasteiger partial charge in [-0.25, -0.2) is 9.37 Å². The number of aromatic amines is 1. The Kier molecular flexibility index (Phi) is 4.14. The van der Waals surface area contributed by atoms with Crippen LogP contribution < -0.4 is 5.32 Å². The summed E-state index contributed by atoms with van der Waals surface area (Å²) < 4.78 is 61.9. The molecule has 1 unspecified atom stereocenters. The number of halogens is 4. The number of amides is 1. The average Bonchev–Trinajstić information content (AvgIpc) is 3.23. The number of rotatable bonds is 3. The lowest BCUT2D eigenvalue weighted by Crippen LogP contribution is -2.38. The zero-order chi connectivity index (χ0) is 19.2. The van der Waals surface area contributed by atoms with E-state index in [4.69, 9.17) is 4.74 Å². The largest absolute Gasteiger partial charge is 0.412 e. The van der Waals surface area contributed by atoms with Gasteiger partial charge in [-0.3, -0.25) is 4.79 Å². The molecule has 10 heteroatoms. The van der Waals surface area contributed by atoms with Gasteiger partial charge in [0.25, 0.3) is 5.91 Å². The second-order valence-electron chi connectivity index (χ2n) is 6.14. The average molecular weight is 382 g/mol. The number of aromatic nitrogens is 3. The second kappa shape index (κ2) is 6.38. The van der Waals surface area contributed by atoms with E-state index in [0.717, 1.165) is 12.3 Å². The minimum absolute atomic E-state index is 0.148. The topological polar surface area (TPSA) is 71.9 Å². The summed E-state index contributed by atoms with van der Waals surface area (Å²) in [5, 5.41) is 1.73. The lowest BCUT2D eigenvalue weighted by atomic mass is 10.0. The molecule has 142 valence electrons. The molecule has 0 bridgehead atoms. The van der Waals surface area contributed by atoms with Crippen LogP contribution in [0.5, 0.6) is 0 Å². The van der Waals surface area contributed by atoms with Crippen LogP contribution in [0.4, 0.5) is 17.6 Å². The van der Waals surface area contributed by atoms with Gasteiger partial charge in [0.2, 0.25) is 0 Å². The third-order valence-electron chi connectivity index (χ3n) is 4.40. The van der Waals surface area contributed by atoms with Crippen molar-refractivity contribution in [2.75, 3.05) is 6.61 Å². The van der Waals surface area contributed by atoms with Crippen molar-refractivity contribution >= 4 is 16.8 Å². The Labute approximate surface area is 150 Å². The van der Waals surface area contributed by atoms with Crippen LogP contribution in [0.3, 0.4) is 0 Å². The standard InChI is InChI=1S/C17H14F4N4O2/c18-10-2-1-3-11-14(10)9(6-22-11)15(17(19,20)21)24-16(26)12-7-25-4-5-27-8-13(25)23-12/h1-3,6-7,15,22H,4-5,8H2,(H,24,26). The van der Waals surface area contributed by atoms with Gasteiger partial charge in [0, 0.05) is 35.4 Å². The number of H-pyrrole nitrogens is 1. The van der Waals surface area contributed by atoms with Crippen molar-refractivity contribution in [2.24, 2.45) is 0 Å². The number of nitrogens with one attached hydrogen (secondary N) is 2. The van der Waals surface area contributed by atoms with Gasteiger partial charge in [0.05, 0.1) is 6.61 Å². The van der Waals surface area contributed by atoms with E-state index in [1.807, 2.05) is 5.32 Å². The normalized spacial score (nSPS) is 15.6. The molecule has 27 heavy (non-hydrogen) atoms. The Morgan fingerprint density at radius 1 is 1.37 bits per heavy atom. The first-order chi connectivity index (χ1) is 12.8. The van der Waals surface area contributed by atoms with Crippen molar-refractivity contribution in [1.29, 1.82) is 0 Å². The first-order valence-corrected chi connectivity index (χ1v) is 8.11. The van der Waals surface area contributed by atoms with Crippen molar-refractivity contribution in [2.45, 2.75) is 25.4 Å². The fourth-order valence-corrected chi connectivity index (χ4v) is 3.13. The smallest absolute Gasteiger partial charge is 0.372 e. The summed E-state index contributed by atoms with van der Waals surface area (Å²) in [4.78, 5) is 19.0. The van der Waals surface area contributed by atoms with Gasteiger partial charge in [-0.1, -0.05) is 6.07 Å². The fourth-order valence-electron chi connectivity index (χ4n) is 3.13. The highest BCUT2D eigenvalue weighted by Gasteiger charge is 2.44. The highest BCUT2D eigenvalue weighted by atomic mass is 19.4. The number of ether oxygens (including phenoxy) is 1. The number of hydrogen-bond donors (Lipinski definition) is 2. The molecule has 1 amide bonds. The highest BCUT2D eigenvalue weighted by molar-refractivity contribution is 5.93. The van der Waals surface area contributed by atoms with E-state index in [0.29, 0.717) is 19.0 Å². The molecule has 1 aromatic carbocycles. The number of nitrogens with zero attached hydrogens (tertiary/aromatic N) is 2. The summed E-state index contributed by atoms with van der Waals surface area (Å²) in [5.74, 6) is -1.33. The number of alkyl halides is 3. The molecular formula is C17H14F4N4O2. The molecule has 0 fully saturated rings. The molecule has 2 N–H and O–H groups in total. The zero-order valence-corrected chi connectivity index (χ0v) is 13.8. The predicted octanol–water partition coefficient (Wildman–Crippen LogP) is 3.07. The summed E-state index contributed by atoms with van der Waals surface area (Å²) in [7, 11) is 0. The number of fused-ring (bicyclic) bond motifs is 2. The molecule has 1 atom stereocenters. The van der Waals surface area contributed by atoms with Crippen LogP contribution in [-0.4, -0.2) is 33.2 Å². The summed E-state index contributed by atoms with van der Waals surface area (Å²) in [6.45, 7) is 1.08. The molecule has 3 heterocycles. The van der Waals surface area contributed by atoms with Crippen LogP contribution in [0.1, 0.15) is 27.9 Å². The van der Waals surface area contributed by atoms with Crippen LogP contribution in [0.15, 0.2) is 30.6 Å². The third kappa shape index (κ3) is 3.16. The van der Waals surface area contributed by atoms with E-state index in [-0.39, 0.29) is 23.2 Å². The Balaban J connectivity index is 1.69. The number of carbonyl (C=O) groups excluding carboxylic acids is 1. The van der Waals surface area contributed by atoms with Gasteiger partial charge in [-0.2, -0.15) is 13.2 Å². The second-order valence-corrected chi connectivity index (χ2v) is 6.14. The van der Waals surface area contributed by atoms with E-state index >= 15 is 0 Å². The van der Waals surface area contributed by atoms with Crippen LogP contribution in [0.2, 0.25) is 0 Å². The van der Waals surface area contributed by atoms with E-state index in [1.165, 1.54) is 18.3 Å². The molecular weight excluding hydrogens is 368 g/mol. The molecule has 3 aromatic rings. The van der Waals surface area contributed by atoms with Crippen LogP contribution in [0.25, 0.3) is 10.9 Å². The lowest BCUT2D eigenvalue weighted by Gasteiger charge is -2.21. The van der Waals surface area contributed by atoms with Crippen molar-refractivity contribution < 1.29 is 27.1 Å². The SMILES string of the molecule is O=C(NC(c1c[nH]c2cccc(F)c12)C(F)(F)F)c1cn2c(n1)COCC2. The van der Waals surface area contributed by atoms with Crippen LogP contribution in [0, 0.1) is 5.82 Å². The van der Waals surface area contributed by atoms with Crippen LogP contribution in [-0.2, 0) is 17.9 Å². The lowest BCUT2D eigenvalue weighted by molar-refractivity contribution is -0.155. The van der Waals surface area contributed by atoms with Gasteiger partial charge in [0.1, 0.15) is 23.9 Å². The Morgan fingerprint density at radius 3 is 2.93 bits per heavy atom. The highest BCUT2D eigenvalue weighted by Crippen LogP contribution is 2.37. The van der Waals surface area contributed by atoms with Gasteiger partial charge in [0.15, 0.2) is 6.04 Å². The quantitative estimate of drug-likeness (QED) is 0.684. The molecule has 6 nitrogen and oxygen atoms in total. The number of carbonyl (C=O) groups is 1. The number of benzene rings is 1. The van der Waals surface area contributed by atoms with Crippen molar-refractivity contribution in [3.8, 4) is 0 Å². The summed E-state index contributed by atoms with van der Waals surface area (Å²) >= 11 is 0. The summed E-state index contributed by atoms with van der Waals surface area (Å²) in [6.07, 6.45) is -2.38. The van der Waals surface area contributed by atoms with Crippen molar-refractivity contribution in [3.05, 3.63) is 53.5 Å². The van der Waals surface area contributed by atoms with Gasteiger partial charge in [-0.05, 0) is 12.1 Å². The fraction of sp³-hybridized carbons (Fsp3) is 0.294. The molecule has 2 aromatic heterocycles. The minimum Gasteiger partial charge on any atom is -0.372 e. The molecule has 4 rings (SSSR count). The summed E-state index contributed by atoms with van der Waals surface area (Å²) in [6, 6.07) is 1.53. The Bertz CT molecular complexity index is 985. The molecule has 1 aliphatic heterocycles. The van der Waals surface area contributed by atoms with Crippen molar-refractivity contribution in [3.63, 3.8) is 0 Å². The first kappa shape index (κ1) is 17.5. The maximum absolute atomic E-state index is 14.1. The Hall–Kier alpha value is -2.88. The maximum Gasteiger partial charge on any atom is 0.412 e. The molecule has 1 aliphatic rings. The molecule has 0 radical (unpaired) electrons. The maximum atomic E-state index is 14.1. The predicted molar refractivity (Wildman–Crippen MR) is 86.4 cm³/mol. The minimum atomic E-state index is -4.82. The molecule has 0 saturated carbocycles. The van der Waals surface area contributed by atoms with Crippen molar-refractivity contribution in [1.82, 2.24) is 19.9 Å². The van der Waals surface area contributed by atoms with E-state index in [2.05, 4.69) is 9.97 Å². The van der Waals surface area contributed by atoms with E-state index in [9.17, 15) is 22.4 Å². The van der Waals surface area contributed by atoms with Gasteiger partial charge >= 0.3 is 6.18 Å². The Morgan fingerprint density at radius 2 is 2.19 bits per heavy atom. The summed E-state index contributed by atoms with van der Waals surface area (Å²) in [5.41, 5.74) is -0.329. The number of imidazole rings is 1. The van der Waals surface area contributed by atoms with E-state index < -0.39 is 29.5 Å². The molecule has 0 aliphatic carbocycles. The number of hydrogen-bond acceptors (Lipinski definition) is 3. The molecule has 0 spiro atoms.